The average Bonchev–Trinajstić information content (AvgIpc) is 3.95. The molecule has 4 heterocycles. The monoisotopic (exact) mass is 711 g/mol. The number of amides is 1. The summed E-state index contributed by atoms with van der Waals surface area (Å²) in [6.07, 6.45) is 4.42. The summed E-state index contributed by atoms with van der Waals surface area (Å²) < 4.78 is 15.6. The SMILES string of the molecule is COc1ccc(-n2cnnn2)cc1C(=O)N1CCC(CCN2CCCN(c3nc4ccccc4n3CCOc3ccccc3)CC2)(c2ccccc2)C1. The lowest BCUT2D eigenvalue weighted by atomic mass is 9.76. The van der Waals surface area contributed by atoms with Crippen molar-refractivity contribution in [2.75, 3.05) is 64.4 Å². The summed E-state index contributed by atoms with van der Waals surface area (Å²) in [5.74, 6) is 2.38. The first kappa shape index (κ1) is 34.3. The second-order valence-electron chi connectivity index (χ2n) is 13.9. The number of para-hydroxylation sites is 3. The second-order valence-corrected chi connectivity index (χ2v) is 13.9. The minimum atomic E-state index is -0.156. The number of rotatable bonds is 12. The van der Waals surface area contributed by atoms with E-state index >= 15 is 0 Å². The van der Waals surface area contributed by atoms with Crippen molar-refractivity contribution in [2.45, 2.75) is 31.2 Å². The molecule has 1 atom stereocenters. The van der Waals surface area contributed by atoms with Crippen LogP contribution in [-0.2, 0) is 12.0 Å². The zero-order valence-electron chi connectivity index (χ0n) is 30.1. The van der Waals surface area contributed by atoms with Crippen molar-refractivity contribution in [3.05, 3.63) is 121 Å². The van der Waals surface area contributed by atoms with Crippen LogP contribution in [0.5, 0.6) is 11.5 Å². The molecule has 2 aliphatic heterocycles. The van der Waals surface area contributed by atoms with Crippen LogP contribution in [0, 0.1) is 0 Å². The number of fused-ring (bicyclic) bond motifs is 1. The van der Waals surface area contributed by atoms with Crippen molar-refractivity contribution < 1.29 is 14.3 Å². The van der Waals surface area contributed by atoms with Crippen LogP contribution in [-0.4, -0.2) is 105 Å². The number of imidazole rings is 1. The third-order valence-corrected chi connectivity index (χ3v) is 10.8. The molecule has 6 aromatic rings. The fraction of sp³-hybridized carbons (Fsp3) is 0.341. The molecule has 0 N–H and O–H groups in total. The Kier molecular flexibility index (Phi) is 10.0. The Labute approximate surface area is 309 Å². The highest BCUT2D eigenvalue weighted by molar-refractivity contribution is 5.98. The fourth-order valence-corrected chi connectivity index (χ4v) is 7.94. The quantitative estimate of drug-likeness (QED) is 0.163. The average molecular weight is 712 g/mol. The Bertz CT molecular complexity index is 2120. The standard InChI is InChI=1S/C41H45N9O3/c1-52-38-18-17-33(50-31-42-44-45-50)29-35(38)39(51)48-24-20-41(30-48,32-11-4-2-5-12-32)19-23-46-21-10-22-47(26-25-46)40-43-36-15-8-9-16-37(36)49(40)27-28-53-34-13-6-3-7-14-34/h2-9,11-18,29,31H,10,19-28,30H2,1H3. The topological polar surface area (TPSA) is 107 Å². The largest absolute Gasteiger partial charge is 0.496 e. The number of ether oxygens (including phenoxy) is 2. The summed E-state index contributed by atoms with van der Waals surface area (Å²) in [7, 11) is 1.60. The molecular formula is C41H45N9O3. The number of hydrogen-bond donors (Lipinski definition) is 0. The first-order chi connectivity index (χ1) is 26.1. The molecular weight excluding hydrogens is 667 g/mol. The van der Waals surface area contributed by atoms with E-state index in [-0.39, 0.29) is 11.3 Å². The number of carbonyl (C=O) groups is 1. The maximum Gasteiger partial charge on any atom is 0.257 e. The highest BCUT2D eigenvalue weighted by Gasteiger charge is 2.42. The molecule has 12 nitrogen and oxygen atoms in total. The van der Waals surface area contributed by atoms with Crippen LogP contribution >= 0.6 is 0 Å². The molecule has 8 rings (SSSR count). The maximum absolute atomic E-state index is 14.2. The summed E-state index contributed by atoms with van der Waals surface area (Å²) in [6, 6.07) is 34.6. The molecule has 0 bridgehead atoms. The summed E-state index contributed by atoms with van der Waals surface area (Å²) in [6.45, 7) is 7.34. The van der Waals surface area contributed by atoms with Crippen LogP contribution in [0.15, 0.2) is 109 Å². The number of tetrazole rings is 1. The van der Waals surface area contributed by atoms with Crippen LogP contribution in [0.2, 0.25) is 0 Å². The van der Waals surface area contributed by atoms with E-state index in [1.165, 1.54) is 11.9 Å². The van der Waals surface area contributed by atoms with Gasteiger partial charge in [0.25, 0.3) is 5.91 Å². The molecule has 1 unspecified atom stereocenters. The lowest BCUT2D eigenvalue weighted by Gasteiger charge is -2.33. The van der Waals surface area contributed by atoms with Gasteiger partial charge in [0.2, 0.25) is 5.95 Å². The molecule has 1 amide bonds. The van der Waals surface area contributed by atoms with E-state index in [2.05, 4.69) is 84.5 Å². The van der Waals surface area contributed by atoms with E-state index in [1.54, 1.807) is 17.9 Å². The van der Waals surface area contributed by atoms with Gasteiger partial charge >= 0.3 is 0 Å². The van der Waals surface area contributed by atoms with E-state index in [9.17, 15) is 4.79 Å². The Hall–Kier alpha value is -5.75. The lowest BCUT2D eigenvalue weighted by Crippen LogP contribution is -2.39. The number of methoxy groups -OCH3 is 1. The van der Waals surface area contributed by atoms with Crippen molar-refractivity contribution in [1.29, 1.82) is 0 Å². The normalized spacial score (nSPS) is 18.0. The van der Waals surface area contributed by atoms with Crippen LogP contribution < -0.4 is 14.4 Å². The van der Waals surface area contributed by atoms with Crippen molar-refractivity contribution in [3.8, 4) is 17.2 Å². The van der Waals surface area contributed by atoms with Crippen molar-refractivity contribution in [3.63, 3.8) is 0 Å². The molecule has 12 heteroatoms. The predicted octanol–water partition coefficient (Wildman–Crippen LogP) is 5.49. The summed E-state index contributed by atoms with van der Waals surface area (Å²) >= 11 is 0. The molecule has 0 aliphatic carbocycles. The molecule has 2 aromatic heterocycles. The van der Waals surface area contributed by atoms with E-state index in [4.69, 9.17) is 14.5 Å². The molecule has 4 aromatic carbocycles. The van der Waals surface area contributed by atoms with Gasteiger partial charge in [-0.2, -0.15) is 0 Å². The van der Waals surface area contributed by atoms with Crippen LogP contribution in [0.25, 0.3) is 16.7 Å². The number of hydrogen-bond acceptors (Lipinski definition) is 9. The third-order valence-electron chi connectivity index (χ3n) is 10.8. The second kappa shape index (κ2) is 15.5. The molecule has 53 heavy (non-hydrogen) atoms. The molecule has 0 spiro atoms. The third kappa shape index (κ3) is 7.32. The summed E-state index contributed by atoms with van der Waals surface area (Å²) in [5.41, 5.74) is 4.48. The molecule has 0 radical (unpaired) electrons. The number of nitrogens with zero attached hydrogens (tertiary/aromatic N) is 9. The molecule has 2 saturated heterocycles. The van der Waals surface area contributed by atoms with Gasteiger partial charge in [0.05, 0.1) is 35.9 Å². The van der Waals surface area contributed by atoms with Crippen molar-refractivity contribution in [1.82, 2.24) is 39.6 Å². The van der Waals surface area contributed by atoms with E-state index < -0.39 is 0 Å². The zero-order chi connectivity index (χ0) is 36.0. The fourth-order valence-electron chi connectivity index (χ4n) is 7.94. The van der Waals surface area contributed by atoms with Crippen molar-refractivity contribution >= 4 is 22.9 Å². The van der Waals surface area contributed by atoms with Gasteiger partial charge in [0.15, 0.2) is 0 Å². The highest BCUT2D eigenvalue weighted by atomic mass is 16.5. The van der Waals surface area contributed by atoms with Crippen LogP contribution in [0.4, 0.5) is 5.95 Å². The van der Waals surface area contributed by atoms with E-state index in [1.807, 2.05) is 47.4 Å². The Balaban J connectivity index is 0.961. The molecule has 2 fully saturated rings. The van der Waals surface area contributed by atoms with Gasteiger partial charge < -0.3 is 28.7 Å². The highest BCUT2D eigenvalue weighted by Crippen LogP contribution is 2.39. The number of anilines is 1. The van der Waals surface area contributed by atoms with E-state index in [0.717, 1.165) is 74.7 Å². The first-order valence-electron chi connectivity index (χ1n) is 18.5. The Morgan fingerprint density at radius 3 is 2.47 bits per heavy atom. The van der Waals surface area contributed by atoms with Gasteiger partial charge in [-0.15, -0.1) is 5.10 Å². The minimum Gasteiger partial charge on any atom is -0.496 e. The maximum atomic E-state index is 14.2. The number of benzene rings is 4. The van der Waals surface area contributed by atoms with Gasteiger partial charge in [-0.25, -0.2) is 9.67 Å². The zero-order valence-corrected chi connectivity index (χ0v) is 30.1. The first-order valence-corrected chi connectivity index (χ1v) is 18.5. The smallest absolute Gasteiger partial charge is 0.257 e. The Morgan fingerprint density at radius 1 is 0.849 bits per heavy atom. The van der Waals surface area contributed by atoms with Gasteiger partial charge in [-0.1, -0.05) is 60.7 Å². The van der Waals surface area contributed by atoms with Crippen molar-refractivity contribution in [2.24, 2.45) is 0 Å². The number of likely N-dealkylation sites (tertiary alicyclic amines) is 1. The predicted molar refractivity (Wildman–Crippen MR) is 204 cm³/mol. The summed E-state index contributed by atoms with van der Waals surface area (Å²) in [4.78, 5) is 26.3. The van der Waals surface area contributed by atoms with Gasteiger partial charge in [-0.05, 0) is 90.8 Å². The molecule has 2 aliphatic rings. The van der Waals surface area contributed by atoms with Gasteiger partial charge in [-0.3, -0.25) is 4.79 Å². The molecule has 0 saturated carbocycles. The van der Waals surface area contributed by atoms with Crippen LogP contribution in [0.1, 0.15) is 35.2 Å². The summed E-state index contributed by atoms with van der Waals surface area (Å²) in [5, 5.41) is 11.5. The number of aromatic nitrogens is 6. The van der Waals surface area contributed by atoms with E-state index in [0.29, 0.717) is 43.2 Å². The lowest BCUT2D eigenvalue weighted by molar-refractivity contribution is 0.0777. The van der Waals surface area contributed by atoms with Crippen LogP contribution in [0.3, 0.4) is 0 Å². The molecule has 272 valence electrons. The minimum absolute atomic E-state index is 0.0444. The van der Waals surface area contributed by atoms with Gasteiger partial charge in [0.1, 0.15) is 24.4 Å². The Morgan fingerprint density at radius 2 is 1.66 bits per heavy atom. The van der Waals surface area contributed by atoms with Gasteiger partial charge in [0, 0.05) is 38.1 Å². The number of carbonyl (C=O) groups excluding carboxylic acids is 1.